The molecule has 1 amide bonds. The first-order valence-corrected chi connectivity index (χ1v) is 12.2. The van der Waals surface area contributed by atoms with Crippen molar-refractivity contribution >= 4 is 33.2 Å². The van der Waals surface area contributed by atoms with E-state index in [1.807, 2.05) is 6.92 Å². The lowest BCUT2D eigenvalue weighted by Crippen LogP contribution is -2.65. The van der Waals surface area contributed by atoms with Crippen molar-refractivity contribution in [3.05, 3.63) is 40.1 Å². The number of aryl methyl sites for hydroxylation is 1. The lowest BCUT2D eigenvalue weighted by molar-refractivity contribution is -0.353. The average molecular weight is 527 g/mol. The summed E-state index contributed by atoms with van der Waals surface area (Å²) in [5, 5.41) is 11.1. The summed E-state index contributed by atoms with van der Waals surface area (Å²) in [5.74, 6) is -0.680. The Morgan fingerprint density at radius 1 is 1.47 bits per heavy atom. The van der Waals surface area contributed by atoms with Gasteiger partial charge in [0.15, 0.2) is 5.76 Å². The molecule has 0 aliphatic heterocycles. The van der Waals surface area contributed by atoms with Gasteiger partial charge in [0.25, 0.3) is 12.3 Å². The van der Waals surface area contributed by atoms with Gasteiger partial charge < -0.3 is 19.6 Å². The average Bonchev–Trinajstić information content (AvgIpc) is 3.25. The second-order valence-corrected chi connectivity index (χ2v) is 9.61. The molecule has 0 saturated heterocycles. The molecular formula is C23H30F2N5O5S+. The summed E-state index contributed by atoms with van der Waals surface area (Å²) in [6.07, 6.45) is 3.96. The number of halogens is 2. The summed E-state index contributed by atoms with van der Waals surface area (Å²) in [4.78, 5) is 28.1. The number of carbonyl (C=O) groups is 1. The number of carbonyl (C=O) groups excluding carboxylic acids is 1. The molecular weight excluding hydrogens is 496 g/mol. The van der Waals surface area contributed by atoms with E-state index >= 15 is 0 Å². The summed E-state index contributed by atoms with van der Waals surface area (Å²) >= 11 is 1.09. The Morgan fingerprint density at radius 3 is 2.89 bits per heavy atom. The monoisotopic (exact) mass is 526 g/mol. The molecule has 0 bridgehead atoms. The van der Waals surface area contributed by atoms with E-state index in [0.717, 1.165) is 36.3 Å². The number of amides is 1. The molecule has 36 heavy (non-hydrogen) atoms. The summed E-state index contributed by atoms with van der Waals surface area (Å²) in [7, 11) is 1.35. The second-order valence-electron chi connectivity index (χ2n) is 8.63. The first-order chi connectivity index (χ1) is 17.1. The lowest BCUT2D eigenvalue weighted by atomic mass is 9.68. The van der Waals surface area contributed by atoms with Crippen molar-refractivity contribution in [3.63, 3.8) is 0 Å². The number of aromatic nitrogens is 2. The van der Waals surface area contributed by atoms with E-state index in [1.165, 1.54) is 19.4 Å². The minimum atomic E-state index is -2.50. The topological polar surface area (TPSA) is 144 Å². The molecule has 13 heteroatoms. The maximum atomic E-state index is 12.7. The Balaban J connectivity index is 1.65. The number of hydrogen-bond donors (Lipinski definition) is 3. The predicted octanol–water partition coefficient (Wildman–Crippen LogP) is 2.17. The minimum absolute atomic E-state index is 0.0262. The van der Waals surface area contributed by atoms with Crippen molar-refractivity contribution in [2.24, 2.45) is 11.7 Å². The number of allylic oxidation sites excluding steroid dienone is 1. The third-order valence-electron chi connectivity index (χ3n) is 6.10. The zero-order valence-electron chi connectivity index (χ0n) is 20.3. The number of nitrogens with two attached hydrogens (primary N) is 1. The molecule has 0 unspecified atom stereocenters. The van der Waals surface area contributed by atoms with Gasteiger partial charge in [-0.1, -0.05) is 0 Å². The highest BCUT2D eigenvalue weighted by atomic mass is 32.1. The van der Waals surface area contributed by atoms with Crippen LogP contribution in [0, 0.1) is 5.92 Å². The van der Waals surface area contributed by atoms with E-state index in [9.17, 15) is 18.4 Å². The molecule has 0 aromatic carbocycles. The van der Waals surface area contributed by atoms with Crippen molar-refractivity contribution in [2.45, 2.75) is 58.0 Å². The van der Waals surface area contributed by atoms with Crippen molar-refractivity contribution in [2.75, 3.05) is 19.0 Å². The Kier molecular flexibility index (Phi) is 9.26. The molecule has 2 aromatic rings. The van der Waals surface area contributed by atoms with Gasteiger partial charge in [-0.15, -0.1) is 0 Å². The van der Waals surface area contributed by atoms with Crippen LogP contribution < -0.4 is 26.4 Å². The second kappa shape index (κ2) is 12.2. The first-order valence-electron chi connectivity index (χ1n) is 11.4. The summed E-state index contributed by atoms with van der Waals surface area (Å²) in [6, 6.07) is 1.47. The van der Waals surface area contributed by atoms with Gasteiger partial charge in [0.05, 0.1) is 17.8 Å². The molecule has 1 aliphatic rings. The molecule has 0 spiro atoms. The lowest BCUT2D eigenvalue weighted by Gasteiger charge is -2.47. The third-order valence-corrected chi connectivity index (χ3v) is 6.85. The number of alkyl halides is 2. The fourth-order valence-electron chi connectivity index (χ4n) is 4.07. The molecule has 2 atom stereocenters. The molecule has 3 rings (SSSR count). The van der Waals surface area contributed by atoms with Gasteiger partial charge >= 0.3 is 10.8 Å². The van der Waals surface area contributed by atoms with E-state index in [2.05, 4.69) is 20.5 Å². The van der Waals surface area contributed by atoms with E-state index < -0.39 is 30.2 Å². The molecule has 196 valence electrons. The maximum absolute atomic E-state index is 12.7. The van der Waals surface area contributed by atoms with Crippen LogP contribution >= 0.6 is 11.3 Å². The smallest absolute Gasteiger partial charge is 0.409 e. The third kappa shape index (κ3) is 6.94. The highest BCUT2D eigenvalue weighted by Gasteiger charge is 2.43. The Labute approximate surface area is 210 Å². The standard InChI is InChI=1S/C23H29F2N5O5S/c1-13(8-10-26)27-21-29-30-22(36-21)28-19(31)16-11-14(18(33-3)20(32)35-16)5-4-6-15-7-9-23(15,2)34-12-17(24)25/h8,10-11,15,17H,4-7,9,12,26H2,1-3H3,(H,28,30,31)/p+1/b10-8-,27-13+/t15-,23+/m0/s1. The molecule has 0 radical (unpaired) electrons. The molecule has 1 saturated carbocycles. The van der Waals surface area contributed by atoms with Crippen LogP contribution in [0.4, 0.5) is 19.0 Å². The first kappa shape index (κ1) is 27.4. The Hall–Kier alpha value is -3.19. The van der Waals surface area contributed by atoms with Crippen LogP contribution in [0.2, 0.25) is 0 Å². The largest absolute Gasteiger partial charge is 0.490 e. The van der Waals surface area contributed by atoms with Crippen molar-refractivity contribution in [1.82, 2.24) is 10.2 Å². The van der Waals surface area contributed by atoms with Gasteiger partial charge in [-0.05, 0) is 86.6 Å². The van der Waals surface area contributed by atoms with Crippen molar-refractivity contribution in [3.8, 4) is 5.75 Å². The van der Waals surface area contributed by atoms with Crippen LogP contribution in [0.5, 0.6) is 5.75 Å². The zero-order chi connectivity index (χ0) is 26.3. The van der Waals surface area contributed by atoms with Crippen LogP contribution in [0.3, 0.4) is 0 Å². The minimum Gasteiger partial charge on any atom is -0.490 e. The van der Waals surface area contributed by atoms with E-state index in [1.54, 1.807) is 13.0 Å². The molecule has 2 aromatic heterocycles. The van der Waals surface area contributed by atoms with Gasteiger partial charge in [-0.25, -0.2) is 18.6 Å². The molecule has 4 N–H and O–H groups in total. The SMILES string of the molecule is COc1c(CCC[C@H]2CC[C@@]2(C)OCC(F)F)cc(C(=O)Nc2nnc(/[NH+]=C(C)/C=C\N)s2)oc1=O. The van der Waals surface area contributed by atoms with Gasteiger partial charge in [-0.2, -0.15) is 0 Å². The molecule has 1 fully saturated rings. The number of nitrogens with zero attached hydrogens (tertiary/aromatic N) is 2. The summed E-state index contributed by atoms with van der Waals surface area (Å²) in [5.41, 5.74) is 5.27. The highest BCUT2D eigenvalue weighted by molar-refractivity contribution is 7.18. The van der Waals surface area contributed by atoms with Crippen molar-refractivity contribution in [1.29, 1.82) is 0 Å². The fraction of sp³-hybridized carbons (Fsp3) is 0.522. The van der Waals surface area contributed by atoms with Gasteiger partial charge in [0.2, 0.25) is 10.9 Å². The number of methoxy groups -OCH3 is 1. The van der Waals surface area contributed by atoms with E-state index in [-0.39, 0.29) is 22.6 Å². The van der Waals surface area contributed by atoms with E-state index in [4.69, 9.17) is 19.6 Å². The summed E-state index contributed by atoms with van der Waals surface area (Å²) in [6.45, 7) is 3.07. The Bertz CT molecular complexity index is 1180. The van der Waals surface area contributed by atoms with Crippen molar-refractivity contribution < 1.29 is 32.5 Å². The van der Waals surface area contributed by atoms with Crippen LogP contribution in [-0.4, -0.2) is 47.6 Å². The number of rotatable bonds is 12. The van der Waals surface area contributed by atoms with Crippen LogP contribution in [-0.2, 0) is 11.2 Å². The quantitative estimate of drug-likeness (QED) is 0.357. The number of hydrogen-bond acceptors (Lipinski definition) is 9. The van der Waals surface area contributed by atoms with Gasteiger partial charge in [0, 0.05) is 5.56 Å². The fourth-order valence-corrected chi connectivity index (χ4v) is 4.77. The molecule has 2 heterocycles. The summed E-state index contributed by atoms with van der Waals surface area (Å²) < 4.78 is 40.9. The van der Waals surface area contributed by atoms with Crippen LogP contribution in [0.25, 0.3) is 0 Å². The Morgan fingerprint density at radius 2 is 2.25 bits per heavy atom. The van der Waals surface area contributed by atoms with Gasteiger partial charge in [-0.3, -0.25) is 10.1 Å². The predicted molar refractivity (Wildman–Crippen MR) is 130 cm³/mol. The van der Waals surface area contributed by atoms with Crippen LogP contribution in [0.15, 0.2) is 27.6 Å². The highest BCUT2D eigenvalue weighted by Crippen LogP contribution is 2.44. The van der Waals surface area contributed by atoms with E-state index in [0.29, 0.717) is 23.5 Å². The molecule has 1 aliphatic carbocycles. The molecule has 10 nitrogen and oxygen atoms in total. The number of nitrogens with one attached hydrogen (secondary N) is 2. The zero-order valence-corrected chi connectivity index (χ0v) is 21.1. The number of anilines is 1. The normalized spacial score (nSPS) is 20.1. The number of ether oxygens (including phenoxy) is 2. The maximum Gasteiger partial charge on any atom is 0.409 e. The van der Waals surface area contributed by atoms with Crippen LogP contribution in [0.1, 0.15) is 55.6 Å². The van der Waals surface area contributed by atoms with Gasteiger partial charge in [0.1, 0.15) is 12.3 Å².